The summed E-state index contributed by atoms with van der Waals surface area (Å²) in [5.41, 5.74) is 0.553. The van der Waals surface area contributed by atoms with Crippen molar-refractivity contribution in [2.24, 2.45) is 0 Å². The van der Waals surface area contributed by atoms with E-state index < -0.39 is 12.6 Å². The molecule has 0 amide bonds. The third-order valence-corrected chi connectivity index (χ3v) is 2.21. The van der Waals surface area contributed by atoms with Crippen molar-refractivity contribution in [2.75, 3.05) is 6.61 Å². The van der Waals surface area contributed by atoms with Gasteiger partial charge in [0.25, 0.3) is 0 Å². The van der Waals surface area contributed by atoms with Gasteiger partial charge in [0.1, 0.15) is 0 Å². The molecule has 0 aliphatic heterocycles. The molecule has 0 saturated carbocycles. The molecular formula is C11H10ClNO3. The van der Waals surface area contributed by atoms with Gasteiger partial charge >= 0.3 is 5.97 Å². The van der Waals surface area contributed by atoms with Crippen LogP contribution in [0.15, 0.2) is 12.1 Å². The number of hydrogen-bond acceptors (Lipinski definition) is 4. The predicted octanol–water partition coefficient (Wildman–Crippen LogP) is 1.88. The number of benzene rings is 1. The number of aliphatic hydroxyl groups is 1. The number of nitrogens with zero attached hydrogens (tertiary/aromatic N) is 1. The summed E-state index contributed by atoms with van der Waals surface area (Å²) in [4.78, 5) is 11.5. The van der Waals surface area contributed by atoms with Gasteiger partial charge in [-0.3, -0.25) is 0 Å². The van der Waals surface area contributed by atoms with Crippen LogP contribution in [0.2, 0.25) is 5.02 Å². The van der Waals surface area contributed by atoms with E-state index in [1.807, 2.05) is 6.07 Å². The zero-order chi connectivity index (χ0) is 12.1. The monoisotopic (exact) mass is 239 g/mol. The molecule has 0 radical (unpaired) electrons. The Bertz CT molecular complexity index is 451. The Kier molecular flexibility index (Phi) is 4.29. The van der Waals surface area contributed by atoms with E-state index in [-0.39, 0.29) is 28.3 Å². The molecule has 4 nitrogen and oxygen atoms in total. The SMILES string of the molecule is CCOC(=O)c1cc(Cl)cc(C#N)c1CO. The van der Waals surface area contributed by atoms with E-state index in [1.165, 1.54) is 12.1 Å². The summed E-state index contributed by atoms with van der Waals surface area (Å²) in [6, 6.07) is 4.65. The van der Waals surface area contributed by atoms with Crippen molar-refractivity contribution < 1.29 is 14.6 Å². The lowest BCUT2D eigenvalue weighted by atomic mass is 10.0. The number of carbonyl (C=O) groups excluding carboxylic acids is 1. The van der Waals surface area contributed by atoms with E-state index in [0.717, 1.165) is 0 Å². The minimum absolute atomic E-state index is 0.133. The Labute approximate surface area is 98.0 Å². The van der Waals surface area contributed by atoms with Crippen LogP contribution < -0.4 is 0 Å². The summed E-state index contributed by atoms with van der Waals surface area (Å²) in [5, 5.41) is 18.2. The van der Waals surface area contributed by atoms with Gasteiger partial charge in [-0.15, -0.1) is 0 Å². The lowest BCUT2D eigenvalue weighted by Gasteiger charge is -2.08. The smallest absolute Gasteiger partial charge is 0.338 e. The quantitative estimate of drug-likeness (QED) is 0.818. The van der Waals surface area contributed by atoms with E-state index in [0.29, 0.717) is 0 Å². The Morgan fingerprint density at radius 2 is 2.31 bits per heavy atom. The number of rotatable bonds is 3. The molecule has 16 heavy (non-hydrogen) atoms. The van der Waals surface area contributed by atoms with Crippen molar-refractivity contribution in [3.05, 3.63) is 33.8 Å². The van der Waals surface area contributed by atoms with Crippen molar-refractivity contribution in [3.8, 4) is 6.07 Å². The molecule has 1 aromatic rings. The molecule has 0 atom stereocenters. The molecule has 1 aromatic carbocycles. The first-order valence-electron chi connectivity index (χ1n) is 4.64. The van der Waals surface area contributed by atoms with Crippen LogP contribution >= 0.6 is 11.6 Å². The number of carbonyl (C=O) groups is 1. The fourth-order valence-corrected chi connectivity index (χ4v) is 1.52. The largest absolute Gasteiger partial charge is 0.462 e. The molecule has 84 valence electrons. The second-order valence-corrected chi connectivity index (χ2v) is 3.41. The van der Waals surface area contributed by atoms with Crippen LogP contribution in [0.4, 0.5) is 0 Å². The van der Waals surface area contributed by atoms with Crippen molar-refractivity contribution >= 4 is 17.6 Å². The van der Waals surface area contributed by atoms with Gasteiger partial charge in [-0.25, -0.2) is 4.79 Å². The van der Waals surface area contributed by atoms with Gasteiger partial charge in [0.15, 0.2) is 0 Å². The summed E-state index contributed by atoms with van der Waals surface area (Å²) in [5.74, 6) is -0.592. The molecule has 1 N–H and O–H groups in total. The highest BCUT2D eigenvalue weighted by Gasteiger charge is 2.16. The number of nitriles is 1. The molecule has 1 rings (SSSR count). The van der Waals surface area contributed by atoms with Gasteiger partial charge in [-0.2, -0.15) is 5.26 Å². The third-order valence-electron chi connectivity index (χ3n) is 1.99. The maximum Gasteiger partial charge on any atom is 0.338 e. The molecular weight excluding hydrogens is 230 g/mol. The highest BCUT2D eigenvalue weighted by atomic mass is 35.5. The fraction of sp³-hybridized carbons (Fsp3) is 0.273. The highest BCUT2D eigenvalue weighted by Crippen LogP contribution is 2.21. The number of hydrogen-bond donors (Lipinski definition) is 1. The predicted molar refractivity (Wildman–Crippen MR) is 58.0 cm³/mol. The number of halogens is 1. The zero-order valence-corrected chi connectivity index (χ0v) is 9.41. The van der Waals surface area contributed by atoms with Crippen molar-refractivity contribution in [1.82, 2.24) is 0 Å². The van der Waals surface area contributed by atoms with Gasteiger partial charge in [-0.05, 0) is 19.1 Å². The third kappa shape index (κ3) is 2.51. The first-order chi connectivity index (χ1) is 7.63. The molecule has 0 bridgehead atoms. The van der Waals surface area contributed by atoms with Gasteiger partial charge in [0, 0.05) is 10.6 Å². The molecule has 5 heteroatoms. The van der Waals surface area contributed by atoms with Crippen molar-refractivity contribution in [3.63, 3.8) is 0 Å². The van der Waals surface area contributed by atoms with Crippen molar-refractivity contribution in [2.45, 2.75) is 13.5 Å². The summed E-state index contributed by atoms with van der Waals surface area (Å²) in [6.07, 6.45) is 0. The van der Waals surface area contributed by atoms with E-state index in [2.05, 4.69) is 0 Å². The van der Waals surface area contributed by atoms with Crippen LogP contribution in [0, 0.1) is 11.3 Å². The molecule has 0 aliphatic rings. The van der Waals surface area contributed by atoms with Crippen LogP contribution in [0.3, 0.4) is 0 Å². The lowest BCUT2D eigenvalue weighted by Crippen LogP contribution is -2.09. The lowest BCUT2D eigenvalue weighted by molar-refractivity contribution is 0.0522. The van der Waals surface area contributed by atoms with Crippen LogP contribution in [-0.4, -0.2) is 17.7 Å². The van der Waals surface area contributed by atoms with Gasteiger partial charge in [-0.1, -0.05) is 11.6 Å². The molecule has 0 saturated heterocycles. The first kappa shape index (κ1) is 12.5. The van der Waals surface area contributed by atoms with Crippen LogP contribution in [0.5, 0.6) is 0 Å². The van der Waals surface area contributed by atoms with Gasteiger partial charge < -0.3 is 9.84 Å². The van der Waals surface area contributed by atoms with Gasteiger partial charge in [0.05, 0.1) is 30.4 Å². The van der Waals surface area contributed by atoms with E-state index in [1.54, 1.807) is 6.92 Å². The summed E-state index contributed by atoms with van der Waals surface area (Å²) < 4.78 is 4.81. The van der Waals surface area contributed by atoms with E-state index in [4.69, 9.17) is 26.7 Å². The Hall–Kier alpha value is -1.57. The number of ether oxygens (including phenoxy) is 1. The number of esters is 1. The minimum atomic E-state index is -0.592. The van der Waals surface area contributed by atoms with E-state index >= 15 is 0 Å². The summed E-state index contributed by atoms with van der Waals surface area (Å²) >= 11 is 5.76. The van der Waals surface area contributed by atoms with Crippen LogP contribution in [0.25, 0.3) is 0 Å². The summed E-state index contributed by atoms with van der Waals surface area (Å²) in [6.45, 7) is 1.48. The molecule has 0 aliphatic carbocycles. The first-order valence-corrected chi connectivity index (χ1v) is 5.02. The highest BCUT2D eigenvalue weighted by molar-refractivity contribution is 6.31. The standard InChI is InChI=1S/C11H10ClNO3/c1-2-16-11(15)9-4-8(12)3-7(5-13)10(9)6-14/h3-4,14H,2,6H2,1H3. The minimum Gasteiger partial charge on any atom is -0.462 e. The maximum atomic E-state index is 11.5. The van der Waals surface area contributed by atoms with Gasteiger partial charge in [0.2, 0.25) is 0 Å². The second-order valence-electron chi connectivity index (χ2n) is 2.97. The Morgan fingerprint density at radius 1 is 1.62 bits per heavy atom. The number of aliphatic hydroxyl groups excluding tert-OH is 1. The average molecular weight is 240 g/mol. The summed E-state index contributed by atoms with van der Waals surface area (Å²) in [7, 11) is 0. The molecule has 0 fully saturated rings. The maximum absolute atomic E-state index is 11.5. The second kappa shape index (κ2) is 5.50. The fourth-order valence-electron chi connectivity index (χ4n) is 1.30. The average Bonchev–Trinajstić information content (AvgIpc) is 2.28. The molecule has 0 aromatic heterocycles. The molecule has 0 heterocycles. The molecule has 0 spiro atoms. The topological polar surface area (TPSA) is 70.3 Å². The Morgan fingerprint density at radius 3 is 2.81 bits per heavy atom. The zero-order valence-electron chi connectivity index (χ0n) is 8.66. The van der Waals surface area contributed by atoms with E-state index in [9.17, 15) is 4.79 Å². The molecule has 0 unspecified atom stereocenters. The Balaban J connectivity index is 3.32. The van der Waals surface area contributed by atoms with Crippen molar-refractivity contribution in [1.29, 1.82) is 5.26 Å². The van der Waals surface area contributed by atoms with Crippen LogP contribution in [-0.2, 0) is 11.3 Å². The van der Waals surface area contributed by atoms with Crippen LogP contribution in [0.1, 0.15) is 28.4 Å². The normalized spacial score (nSPS) is 9.62.